The summed E-state index contributed by atoms with van der Waals surface area (Å²) in [4.78, 5) is 19.6. The number of pyridine rings is 1. The molecule has 1 atom stereocenters. The number of rotatable bonds is 6. The highest BCUT2D eigenvalue weighted by Crippen LogP contribution is 2.31. The Bertz CT molecular complexity index is 867. The number of aromatic nitrogens is 3. The summed E-state index contributed by atoms with van der Waals surface area (Å²) < 4.78 is 12.6. The van der Waals surface area contributed by atoms with Gasteiger partial charge in [-0.3, -0.25) is 4.68 Å². The maximum atomic E-state index is 12.6. The summed E-state index contributed by atoms with van der Waals surface area (Å²) in [6.07, 6.45) is 4.87. The Balaban J connectivity index is 1.52. The van der Waals surface area contributed by atoms with Gasteiger partial charge in [0, 0.05) is 45.5 Å². The predicted octanol–water partition coefficient (Wildman–Crippen LogP) is 2.37. The van der Waals surface area contributed by atoms with Gasteiger partial charge in [0.05, 0.1) is 30.0 Å². The van der Waals surface area contributed by atoms with Gasteiger partial charge < -0.3 is 19.7 Å². The van der Waals surface area contributed by atoms with Crippen LogP contribution in [0.2, 0.25) is 0 Å². The van der Waals surface area contributed by atoms with Crippen LogP contribution in [0.25, 0.3) is 11.0 Å². The number of hydrogen-bond donors (Lipinski definition) is 1. The monoisotopic (exact) mass is 401 g/mol. The van der Waals surface area contributed by atoms with Crippen molar-refractivity contribution in [3.8, 4) is 0 Å². The van der Waals surface area contributed by atoms with Crippen molar-refractivity contribution in [2.24, 2.45) is 13.0 Å². The maximum absolute atomic E-state index is 12.6. The molecule has 8 nitrogen and oxygen atoms in total. The van der Waals surface area contributed by atoms with E-state index >= 15 is 0 Å². The highest BCUT2D eigenvalue weighted by Gasteiger charge is 2.27. The zero-order chi connectivity index (χ0) is 20.4. The van der Waals surface area contributed by atoms with Crippen LogP contribution >= 0.6 is 0 Å². The molecule has 2 fully saturated rings. The standard InChI is InChI=1S/C21H31N5O3/c1-4-29-21(27)17-11-22-20-18(14(2)24-25(20)3)19(17)23-16-5-8-26(9-6-16)12-15-7-10-28-13-15/h11,15-16H,4-10,12-13H2,1-3H3,(H,22,23). The van der Waals surface area contributed by atoms with Crippen molar-refractivity contribution in [2.45, 2.75) is 39.2 Å². The number of likely N-dealkylation sites (tertiary alicyclic amines) is 1. The van der Waals surface area contributed by atoms with Crippen LogP contribution in [0.3, 0.4) is 0 Å². The van der Waals surface area contributed by atoms with E-state index in [1.165, 1.54) is 6.42 Å². The van der Waals surface area contributed by atoms with Gasteiger partial charge in [0.25, 0.3) is 0 Å². The first-order chi connectivity index (χ1) is 14.1. The van der Waals surface area contributed by atoms with Crippen LogP contribution in [0.15, 0.2) is 6.20 Å². The van der Waals surface area contributed by atoms with E-state index in [-0.39, 0.29) is 5.97 Å². The maximum Gasteiger partial charge on any atom is 0.341 e. The number of esters is 1. The van der Waals surface area contributed by atoms with Crippen LogP contribution in [0.4, 0.5) is 5.69 Å². The summed E-state index contributed by atoms with van der Waals surface area (Å²) in [6, 6.07) is 0.310. The summed E-state index contributed by atoms with van der Waals surface area (Å²) in [5, 5.41) is 9.06. The second-order valence-electron chi connectivity index (χ2n) is 8.12. The minimum absolute atomic E-state index is 0.310. The summed E-state index contributed by atoms with van der Waals surface area (Å²) in [5.74, 6) is 0.333. The average molecular weight is 402 g/mol. The van der Waals surface area contributed by atoms with Crippen molar-refractivity contribution in [3.05, 3.63) is 17.5 Å². The number of carbonyl (C=O) groups is 1. The molecule has 0 amide bonds. The third-order valence-electron chi connectivity index (χ3n) is 6.00. The lowest BCUT2D eigenvalue weighted by Gasteiger charge is -2.34. The quantitative estimate of drug-likeness (QED) is 0.744. The van der Waals surface area contributed by atoms with Crippen LogP contribution in [0.1, 0.15) is 42.2 Å². The second-order valence-corrected chi connectivity index (χ2v) is 8.12. The Morgan fingerprint density at radius 1 is 1.34 bits per heavy atom. The fourth-order valence-electron chi connectivity index (χ4n) is 4.48. The molecule has 4 heterocycles. The van der Waals surface area contributed by atoms with Gasteiger partial charge in [0.2, 0.25) is 0 Å². The third-order valence-corrected chi connectivity index (χ3v) is 6.00. The molecule has 1 unspecified atom stereocenters. The topological polar surface area (TPSA) is 81.5 Å². The van der Waals surface area contributed by atoms with E-state index in [4.69, 9.17) is 9.47 Å². The third kappa shape index (κ3) is 4.23. The molecule has 1 N–H and O–H groups in total. The minimum Gasteiger partial charge on any atom is -0.462 e. The lowest BCUT2D eigenvalue weighted by atomic mass is 10.0. The van der Waals surface area contributed by atoms with Gasteiger partial charge in [-0.25, -0.2) is 9.78 Å². The van der Waals surface area contributed by atoms with Crippen LogP contribution in [-0.2, 0) is 16.5 Å². The Morgan fingerprint density at radius 2 is 2.14 bits per heavy atom. The van der Waals surface area contributed by atoms with Gasteiger partial charge >= 0.3 is 5.97 Å². The van der Waals surface area contributed by atoms with Crippen molar-refractivity contribution in [3.63, 3.8) is 0 Å². The van der Waals surface area contributed by atoms with Gasteiger partial charge in [-0.05, 0) is 39.0 Å². The van der Waals surface area contributed by atoms with E-state index in [2.05, 4.69) is 20.3 Å². The molecule has 0 aromatic carbocycles. The lowest BCUT2D eigenvalue weighted by Crippen LogP contribution is -2.41. The number of piperidine rings is 1. The molecule has 2 saturated heterocycles. The van der Waals surface area contributed by atoms with E-state index in [0.717, 1.165) is 68.1 Å². The van der Waals surface area contributed by atoms with Gasteiger partial charge in [-0.1, -0.05) is 0 Å². The summed E-state index contributed by atoms with van der Waals surface area (Å²) in [5.41, 5.74) is 2.93. The largest absolute Gasteiger partial charge is 0.462 e. The number of fused-ring (bicyclic) bond motifs is 1. The molecular formula is C21H31N5O3. The molecular weight excluding hydrogens is 370 g/mol. The van der Waals surface area contributed by atoms with Gasteiger partial charge in [0.1, 0.15) is 5.56 Å². The van der Waals surface area contributed by atoms with E-state index in [1.807, 2.05) is 20.9 Å². The molecule has 0 aliphatic carbocycles. The molecule has 0 bridgehead atoms. The molecule has 2 aromatic heterocycles. The average Bonchev–Trinajstić information content (AvgIpc) is 3.31. The molecule has 4 rings (SSSR count). The Morgan fingerprint density at radius 3 is 2.83 bits per heavy atom. The highest BCUT2D eigenvalue weighted by molar-refractivity contribution is 6.05. The number of carbonyl (C=O) groups excluding carboxylic acids is 1. The molecule has 2 aliphatic rings. The fourth-order valence-corrected chi connectivity index (χ4v) is 4.48. The molecule has 0 saturated carbocycles. The first kappa shape index (κ1) is 20.1. The van der Waals surface area contributed by atoms with Crippen LogP contribution in [-0.4, -0.2) is 71.1 Å². The summed E-state index contributed by atoms with van der Waals surface area (Å²) in [6.45, 7) is 9.16. The molecule has 0 spiro atoms. The van der Waals surface area contributed by atoms with Crippen molar-refractivity contribution in [2.75, 3.05) is 44.8 Å². The zero-order valence-electron chi connectivity index (χ0n) is 17.6. The molecule has 29 heavy (non-hydrogen) atoms. The van der Waals surface area contributed by atoms with Gasteiger partial charge in [0.15, 0.2) is 5.65 Å². The summed E-state index contributed by atoms with van der Waals surface area (Å²) in [7, 11) is 1.88. The number of anilines is 1. The van der Waals surface area contributed by atoms with E-state index in [1.54, 1.807) is 10.9 Å². The first-order valence-corrected chi connectivity index (χ1v) is 10.6. The number of ether oxygens (including phenoxy) is 2. The number of hydrogen-bond acceptors (Lipinski definition) is 7. The minimum atomic E-state index is -0.341. The Kier molecular flexibility index (Phi) is 6.01. The first-order valence-electron chi connectivity index (χ1n) is 10.6. The molecule has 0 radical (unpaired) electrons. The smallest absolute Gasteiger partial charge is 0.341 e. The molecule has 8 heteroatoms. The van der Waals surface area contributed by atoms with Crippen molar-refractivity contribution >= 4 is 22.7 Å². The lowest BCUT2D eigenvalue weighted by molar-refractivity contribution is 0.0527. The number of nitrogens with one attached hydrogen (secondary N) is 1. The Labute approximate surface area is 171 Å². The van der Waals surface area contributed by atoms with E-state index in [9.17, 15) is 4.79 Å². The number of nitrogens with zero attached hydrogens (tertiary/aromatic N) is 4. The second kappa shape index (κ2) is 8.67. The van der Waals surface area contributed by atoms with Crippen molar-refractivity contribution in [1.29, 1.82) is 0 Å². The predicted molar refractivity (Wildman–Crippen MR) is 111 cm³/mol. The van der Waals surface area contributed by atoms with Gasteiger partial charge in [-0.2, -0.15) is 5.10 Å². The van der Waals surface area contributed by atoms with Crippen LogP contribution in [0, 0.1) is 12.8 Å². The van der Waals surface area contributed by atoms with E-state index in [0.29, 0.717) is 24.1 Å². The fraction of sp³-hybridized carbons (Fsp3) is 0.667. The van der Waals surface area contributed by atoms with Crippen molar-refractivity contribution < 1.29 is 14.3 Å². The Hall–Kier alpha value is -2.19. The molecule has 2 aromatic rings. The van der Waals surface area contributed by atoms with Gasteiger partial charge in [-0.15, -0.1) is 0 Å². The summed E-state index contributed by atoms with van der Waals surface area (Å²) >= 11 is 0. The van der Waals surface area contributed by atoms with Crippen LogP contribution < -0.4 is 5.32 Å². The van der Waals surface area contributed by atoms with Crippen LogP contribution in [0.5, 0.6) is 0 Å². The molecule has 158 valence electrons. The normalized spacial score (nSPS) is 21.0. The van der Waals surface area contributed by atoms with E-state index < -0.39 is 0 Å². The zero-order valence-corrected chi connectivity index (χ0v) is 17.6. The SMILES string of the molecule is CCOC(=O)c1cnc2c(c(C)nn2C)c1NC1CCN(CC2CCOC2)CC1. The highest BCUT2D eigenvalue weighted by atomic mass is 16.5. The number of aryl methyl sites for hydroxylation is 2. The molecule has 2 aliphatic heterocycles. The van der Waals surface area contributed by atoms with Crippen molar-refractivity contribution in [1.82, 2.24) is 19.7 Å².